The van der Waals surface area contributed by atoms with Crippen molar-refractivity contribution in [2.24, 2.45) is 0 Å². The average molecular weight is 476 g/mol. The van der Waals surface area contributed by atoms with E-state index in [-0.39, 0.29) is 13.2 Å². The van der Waals surface area contributed by atoms with E-state index in [0.29, 0.717) is 21.6 Å². The molecule has 162 valence electrons. The number of hydrogen-bond acceptors (Lipinski definition) is 6. The molecule has 3 atom stereocenters. The molecule has 0 aliphatic carbocycles. The molecule has 5 nitrogen and oxygen atoms in total. The second kappa shape index (κ2) is 8.87. The first-order valence-corrected chi connectivity index (χ1v) is 12.6. The summed E-state index contributed by atoms with van der Waals surface area (Å²) in [4.78, 5) is 13.0. The number of rotatable bonds is 6. The topological polar surface area (TPSA) is 55.8 Å². The highest BCUT2D eigenvalue weighted by Gasteiger charge is 2.54. The first-order valence-electron chi connectivity index (χ1n) is 10.1. The summed E-state index contributed by atoms with van der Waals surface area (Å²) in [5.74, 6) is -0.505. The van der Waals surface area contributed by atoms with E-state index in [1.165, 1.54) is 4.31 Å². The first-order chi connectivity index (χ1) is 14.9. The van der Waals surface area contributed by atoms with Crippen LogP contribution in [0.4, 0.5) is 5.69 Å². The Morgan fingerprint density at radius 2 is 1.84 bits per heavy atom. The highest BCUT2D eigenvalue weighted by Crippen LogP contribution is 2.66. The molecule has 0 spiro atoms. The van der Waals surface area contributed by atoms with Crippen molar-refractivity contribution in [2.75, 3.05) is 17.5 Å². The van der Waals surface area contributed by atoms with Gasteiger partial charge in [-0.25, -0.2) is 4.79 Å². The molecule has 0 aromatic heterocycles. The molecular formula is C23H23ClNO4PS. The summed E-state index contributed by atoms with van der Waals surface area (Å²) in [6.07, 6.45) is 0. The number of anilines is 1. The zero-order valence-corrected chi connectivity index (χ0v) is 19.7. The van der Waals surface area contributed by atoms with Gasteiger partial charge in [0.1, 0.15) is 0 Å². The van der Waals surface area contributed by atoms with E-state index in [2.05, 4.69) is 12.8 Å². The van der Waals surface area contributed by atoms with Crippen LogP contribution in [0.5, 0.6) is 0 Å². The second-order valence-electron chi connectivity index (χ2n) is 7.20. The van der Waals surface area contributed by atoms with Gasteiger partial charge in [-0.3, -0.25) is 4.57 Å². The Bertz CT molecular complexity index is 1180. The van der Waals surface area contributed by atoms with Gasteiger partial charge in [0.15, 0.2) is 6.04 Å². The lowest BCUT2D eigenvalue weighted by atomic mass is 10.1. The first kappa shape index (κ1) is 22.2. The van der Waals surface area contributed by atoms with Gasteiger partial charge in [0.05, 0.1) is 24.6 Å². The van der Waals surface area contributed by atoms with Crippen molar-refractivity contribution in [3.8, 4) is 0 Å². The Morgan fingerprint density at radius 3 is 2.58 bits per heavy atom. The summed E-state index contributed by atoms with van der Waals surface area (Å²) >= 11 is 10.9. The molecule has 4 rings (SSSR count). The number of esters is 1. The normalized spacial score (nSPS) is 19.8. The number of carbonyl (C=O) groups is 1. The third kappa shape index (κ3) is 3.76. The predicted molar refractivity (Wildman–Crippen MR) is 129 cm³/mol. The monoisotopic (exact) mass is 475 g/mol. The number of benzene rings is 3. The third-order valence-corrected chi connectivity index (χ3v) is 9.13. The van der Waals surface area contributed by atoms with Crippen molar-refractivity contribution in [3.63, 3.8) is 0 Å². The number of halogens is 1. The molecule has 0 saturated heterocycles. The molecule has 0 radical (unpaired) electrons. The van der Waals surface area contributed by atoms with Crippen LogP contribution in [-0.4, -0.2) is 25.2 Å². The van der Waals surface area contributed by atoms with E-state index in [1.54, 1.807) is 32.0 Å². The molecular weight excluding hydrogens is 453 g/mol. The van der Waals surface area contributed by atoms with Crippen LogP contribution in [0.3, 0.4) is 0 Å². The van der Waals surface area contributed by atoms with E-state index in [9.17, 15) is 9.36 Å². The minimum absolute atomic E-state index is 0.202. The van der Waals surface area contributed by atoms with E-state index < -0.39 is 25.0 Å². The van der Waals surface area contributed by atoms with Crippen LogP contribution in [0.25, 0.3) is 10.8 Å². The Labute approximate surface area is 192 Å². The summed E-state index contributed by atoms with van der Waals surface area (Å²) < 4.78 is 27.8. The lowest BCUT2D eigenvalue weighted by molar-refractivity contribution is -0.144. The van der Waals surface area contributed by atoms with Gasteiger partial charge in [0.2, 0.25) is 7.37 Å². The van der Waals surface area contributed by atoms with Crippen molar-refractivity contribution >= 4 is 59.5 Å². The lowest BCUT2D eigenvalue weighted by Crippen LogP contribution is -2.38. The van der Waals surface area contributed by atoms with Crippen LogP contribution >= 0.6 is 31.8 Å². The number of thiol groups is 1. The molecule has 0 fully saturated rings. The van der Waals surface area contributed by atoms with Crippen molar-refractivity contribution in [3.05, 3.63) is 71.2 Å². The van der Waals surface area contributed by atoms with Crippen LogP contribution < -0.4 is 9.61 Å². The van der Waals surface area contributed by atoms with Crippen molar-refractivity contribution < 1.29 is 18.6 Å². The quantitative estimate of drug-likeness (QED) is 0.278. The maximum atomic E-state index is 14.8. The maximum Gasteiger partial charge on any atom is 0.331 e. The molecule has 1 heterocycles. The van der Waals surface area contributed by atoms with Crippen molar-refractivity contribution in [1.29, 1.82) is 0 Å². The molecule has 0 saturated carbocycles. The largest absolute Gasteiger partial charge is 0.464 e. The third-order valence-electron chi connectivity index (χ3n) is 5.44. The smallest absolute Gasteiger partial charge is 0.331 e. The van der Waals surface area contributed by atoms with E-state index in [0.717, 1.165) is 10.8 Å². The minimum Gasteiger partial charge on any atom is -0.464 e. The molecule has 1 aliphatic heterocycles. The Balaban J connectivity index is 2.00. The molecule has 8 heteroatoms. The molecule has 3 aromatic rings. The number of nitrogens with zero attached hydrogens (tertiary/aromatic N) is 1. The molecule has 0 bridgehead atoms. The fraction of sp³-hybridized carbons (Fsp3) is 0.261. The second-order valence-corrected chi connectivity index (χ2v) is 10.6. The highest BCUT2D eigenvalue weighted by molar-refractivity contribution is 7.82. The molecule has 3 unspecified atom stereocenters. The number of ether oxygens (including phenoxy) is 1. The minimum atomic E-state index is -3.64. The maximum absolute atomic E-state index is 14.8. The van der Waals surface area contributed by atoms with Gasteiger partial charge in [-0.05, 0) is 54.4 Å². The zero-order valence-electron chi connectivity index (χ0n) is 17.2. The summed E-state index contributed by atoms with van der Waals surface area (Å²) in [5, 5.41) is 2.82. The van der Waals surface area contributed by atoms with Crippen LogP contribution in [-0.2, 0) is 18.6 Å². The highest BCUT2D eigenvalue weighted by atomic mass is 35.5. The van der Waals surface area contributed by atoms with E-state index >= 15 is 0 Å². The van der Waals surface area contributed by atoms with Crippen LogP contribution in [0.2, 0.25) is 5.02 Å². The van der Waals surface area contributed by atoms with Gasteiger partial charge in [-0.1, -0.05) is 60.8 Å². The summed E-state index contributed by atoms with van der Waals surface area (Å²) in [5.41, 5.74) is 0.504. The van der Waals surface area contributed by atoms with Crippen LogP contribution in [0.15, 0.2) is 60.7 Å². The van der Waals surface area contributed by atoms with Crippen LogP contribution in [0.1, 0.15) is 25.1 Å². The number of hydrogen-bond donors (Lipinski definition) is 1. The molecule has 31 heavy (non-hydrogen) atoms. The summed E-state index contributed by atoms with van der Waals surface area (Å²) in [7, 11) is -3.64. The molecule has 0 N–H and O–H groups in total. The SMILES string of the molecule is CCOC(=O)C1C(P(=O)(OCC)c2cccc3ccccc23)c2cc(Cl)ccc2N1S. The fourth-order valence-corrected chi connectivity index (χ4v) is 7.93. The van der Waals surface area contributed by atoms with Gasteiger partial charge >= 0.3 is 5.97 Å². The number of carbonyl (C=O) groups excluding carboxylic acids is 1. The summed E-state index contributed by atoms with van der Waals surface area (Å²) in [6, 6.07) is 17.6. The van der Waals surface area contributed by atoms with Gasteiger partial charge in [-0.15, -0.1) is 0 Å². The lowest BCUT2D eigenvalue weighted by Gasteiger charge is -2.30. The standard InChI is InChI=1S/C23H23ClNO4PS/c1-3-28-23(26)21-22(18-14-16(24)12-13-19(18)25(21)31)30(27,29-4-2)20-11-7-9-15-8-5-6-10-17(15)20/h5-14,21-22,31H,3-4H2,1-2H3. The van der Waals surface area contributed by atoms with Crippen LogP contribution in [0, 0.1) is 0 Å². The number of fused-ring (bicyclic) bond motifs is 2. The van der Waals surface area contributed by atoms with Gasteiger partial charge in [0.25, 0.3) is 0 Å². The van der Waals surface area contributed by atoms with Crippen molar-refractivity contribution in [2.45, 2.75) is 25.5 Å². The van der Waals surface area contributed by atoms with E-state index in [1.807, 2.05) is 42.5 Å². The van der Waals surface area contributed by atoms with E-state index in [4.69, 9.17) is 20.9 Å². The van der Waals surface area contributed by atoms with Crippen molar-refractivity contribution in [1.82, 2.24) is 0 Å². The van der Waals surface area contributed by atoms with Gasteiger partial charge < -0.3 is 13.6 Å². The Hall–Kier alpha value is -1.98. The van der Waals surface area contributed by atoms with Gasteiger partial charge in [0, 0.05) is 10.3 Å². The Morgan fingerprint density at radius 1 is 1.10 bits per heavy atom. The molecule has 1 aliphatic rings. The fourth-order valence-electron chi connectivity index (χ4n) is 4.22. The Kier molecular flexibility index (Phi) is 6.36. The molecule has 3 aromatic carbocycles. The predicted octanol–water partition coefficient (Wildman–Crippen LogP) is 5.77. The summed E-state index contributed by atoms with van der Waals surface area (Å²) in [6.45, 7) is 3.95. The zero-order chi connectivity index (χ0) is 22.2. The average Bonchev–Trinajstić information content (AvgIpc) is 3.05. The molecule has 0 amide bonds. The van der Waals surface area contributed by atoms with Gasteiger partial charge in [-0.2, -0.15) is 0 Å².